The van der Waals surface area contributed by atoms with Crippen molar-refractivity contribution in [1.82, 2.24) is 0 Å². The summed E-state index contributed by atoms with van der Waals surface area (Å²) in [5.41, 5.74) is 2.51. The Bertz CT molecular complexity index is 1050. The quantitative estimate of drug-likeness (QED) is 0.613. The van der Waals surface area contributed by atoms with Crippen molar-refractivity contribution in [1.29, 1.82) is 0 Å². The van der Waals surface area contributed by atoms with Gasteiger partial charge in [-0.1, -0.05) is 29.8 Å². The van der Waals surface area contributed by atoms with E-state index >= 15 is 0 Å². The second kappa shape index (κ2) is 6.56. The molecule has 3 amide bonds. The van der Waals surface area contributed by atoms with Crippen molar-refractivity contribution in [3.05, 3.63) is 70.8 Å². The molecule has 3 aliphatic rings. The Kier molecular flexibility index (Phi) is 4.10. The molecule has 0 aromatic heterocycles. The van der Waals surface area contributed by atoms with Crippen LogP contribution in [0.4, 0.5) is 11.4 Å². The fourth-order valence-electron chi connectivity index (χ4n) is 4.84. The summed E-state index contributed by atoms with van der Waals surface area (Å²) in [6, 6.07) is 11.9. The Morgan fingerprint density at radius 2 is 1.62 bits per heavy atom. The molecule has 2 aliphatic carbocycles. The predicted molar refractivity (Wildman–Crippen MR) is 111 cm³/mol. The molecule has 1 aliphatic heterocycles. The molecule has 1 saturated heterocycles. The van der Waals surface area contributed by atoms with Gasteiger partial charge in [0, 0.05) is 16.3 Å². The average molecular weight is 407 g/mol. The standard InChI is InChI=1S/C23H19ClN2O3/c1-12-2-7-16(24)11-18(12)25-21(27)13-5-8-17(9-6-13)26-22(28)19-14-3-4-15(10-14)20(19)23(26)29/h2-9,11,14-15,19-20H,10H2,1H3,(H,25,27)/t14-,15-,19+,20+/m1/s1. The summed E-state index contributed by atoms with van der Waals surface area (Å²) in [5.74, 6) is -0.625. The van der Waals surface area contributed by atoms with Crippen LogP contribution in [0.15, 0.2) is 54.6 Å². The molecule has 0 radical (unpaired) electrons. The lowest BCUT2D eigenvalue weighted by Gasteiger charge is -2.17. The van der Waals surface area contributed by atoms with Crippen LogP contribution >= 0.6 is 11.6 Å². The van der Waals surface area contributed by atoms with Crippen LogP contribution in [0, 0.1) is 30.6 Å². The third-order valence-electron chi connectivity index (χ3n) is 6.31. The number of hydrogen-bond acceptors (Lipinski definition) is 3. The number of nitrogens with one attached hydrogen (secondary N) is 1. The van der Waals surface area contributed by atoms with Crippen LogP contribution in [0.2, 0.25) is 5.02 Å². The zero-order chi connectivity index (χ0) is 20.3. The maximum atomic E-state index is 12.9. The summed E-state index contributed by atoms with van der Waals surface area (Å²) < 4.78 is 0. The number of hydrogen-bond donors (Lipinski definition) is 1. The molecule has 5 rings (SSSR count). The number of carbonyl (C=O) groups excluding carboxylic acids is 3. The number of carbonyl (C=O) groups is 3. The molecule has 2 aromatic carbocycles. The molecular formula is C23H19ClN2O3. The Labute approximate surface area is 173 Å². The largest absolute Gasteiger partial charge is 0.322 e. The zero-order valence-electron chi connectivity index (χ0n) is 15.8. The number of imide groups is 1. The molecule has 6 heteroatoms. The average Bonchev–Trinajstić information content (AvgIpc) is 3.39. The monoisotopic (exact) mass is 406 g/mol. The summed E-state index contributed by atoms with van der Waals surface area (Å²) in [6.45, 7) is 1.89. The first-order valence-corrected chi connectivity index (χ1v) is 10.1. The van der Waals surface area contributed by atoms with Crippen molar-refractivity contribution in [2.45, 2.75) is 13.3 Å². The lowest BCUT2D eigenvalue weighted by Crippen LogP contribution is -2.32. The second-order valence-electron chi connectivity index (χ2n) is 7.97. The Balaban J connectivity index is 1.36. The second-order valence-corrected chi connectivity index (χ2v) is 8.41. The summed E-state index contributed by atoms with van der Waals surface area (Å²) in [4.78, 5) is 39.7. The predicted octanol–water partition coefficient (Wildman–Crippen LogP) is 4.21. The van der Waals surface area contributed by atoms with Crippen molar-refractivity contribution >= 4 is 40.7 Å². The minimum atomic E-state index is -0.278. The van der Waals surface area contributed by atoms with Gasteiger partial charge in [0.05, 0.1) is 17.5 Å². The molecule has 146 valence electrons. The number of halogens is 1. The van der Waals surface area contributed by atoms with Crippen LogP contribution in [0.1, 0.15) is 22.3 Å². The van der Waals surface area contributed by atoms with Gasteiger partial charge >= 0.3 is 0 Å². The summed E-state index contributed by atoms with van der Waals surface area (Å²) >= 11 is 6.01. The Morgan fingerprint density at radius 3 is 2.24 bits per heavy atom. The number of rotatable bonds is 3. The Hall–Kier alpha value is -2.92. The number of aryl methyl sites for hydroxylation is 1. The van der Waals surface area contributed by atoms with Crippen molar-refractivity contribution < 1.29 is 14.4 Å². The molecule has 2 bridgehead atoms. The first-order valence-electron chi connectivity index (χ1n) is 9.68. The summed E-state index contributed by atoms with van der Waals surface area (Å²) in [6.07, 6.45) is 5.06. The van der Waals surface area contributed by atoms with E-state index in [1.807, 2.05) is 13.0 Å². The topological polar surface area (TPSA) is 66.5 Å². The molecule has 29 heavy (non-hydrogen) atoms. The molecule has 0 spiro atoms. The maximum absolute atomic E-state index is 12.9. The highest BCUT2D eigenvalue weighted by atomic mass is 35.5. The van der Waals surface area contributed by atoms with Gasteiger partial charge in [-0.05, 0) is 67.1 Å². The zero-order valence-corrected chi connectivity index (χ0v) is 16.5. The lowest BCUT2D eigenvalue weighted by molar-refractivity contribution is -0.123. The van der Waals surface area contributed by atoms with Gasteiger partial charge < -0.3 is 5.32 Å². The highest BCUT2D eigenvalue weighted by Crippen LogP contribution is 2.53. The number of anilines is 2. The maximum Gasteiger partial charge on any atom is 0.255 e. The van der Waals surface area contributed by atoms with Crippen molar-refractivity contribution in [3.63, 3.8) is 0 Å². The summed E-state index contributed by atoms with van der Waals surface area (Å²) in [7, 11) is 0. The van der Waals surface area contributed by atoms with E-state index in [0.717, 1.165) is 12.0 Å². The van der Waals surface area contributed by atoms with Gasteiger partial charge in [-0.15, -0.1) is 0 Å². The number of benzene rings is 2. The van der Waals surface area contributed by atoms with E-state index in [0.29, 0.717) is 22.0 Å². The molecule has 2 aromatic rings. The number of allylic oxidation sites excluding steroid dienone is 2. The van der Waals surface area contributed by atoms with Crippen LogP contribution in [0.3, 0.4) is 0 Å². The normalized spacial score (nSPS) is 26.9. The molecule has 1 saturated carbocycles. The van der Waals surface area contributed by atoms with Gasteiger partial charge in [0.2, 0.25) is 11.8 Å². The van der Waals surface area contributed by atoms with Crippen LogP contribution in [-0.4, -0.2) is 17.7 Å². The highest BCUT2D eigenvalue weighted by molar-refractivity contribution is 6.31. The van der Waals surface area contributed by atoms with E-state index in [4.69, 9.17) is 11.6 Å². The van der Waals surface area contributed by atoms with E-state index in [2.05, 4.69) is 17.5 Å². The van der Waals surface area contributed by atoms with Gasteiger partial charge in [0.1, 0.15) is 0 Å². The van der Waals surface area contributed by atoms with Gasteiger partial charge in [0.15, 0.2) is 0 Å². The molecule has 0 unspecified atom stereocenters. The fraction of sp³-hybridized carbons (Fsp3) is 0.261. The van der Waals surface area contributed by atoms with Crippen molar-refractivity contribution in [2.75, 3.05) is 10.2 Å². The minimum Gasteiger partial charge on any atom is -0.322 e. The fourth-order valence-corrected chi connectivity index (χ4v) is 5.01. The van der Waals surface area contributed by atoms with Crippen LogP contribution in [0.5, 0.6) is 0 Å². The molecule has 1 N–H and O–H groups in total. The lowest BCUT2D eigenvalue weighted by atomic mass is 9.85. The SMILES string of the molecule is Cc1ccc(Cl)cc1NC(=O)c1ccc(N2C(=O)[C@@H]3[C@@H](C2=O)[C@@H]2C=C[C@@H]3C2)cc1. The van der Waals surface area contributed by atoms with E-state index in [9.17, 15) is 14.4 Å². The number of amides is 3. The van der Waals surface area contributed by atoms with E-state index in [1.54, 1.807) is 36.4 Å². The van der Waals surface area contributed by atoms with Crippen molar-refractivity contribution in [2.24, 2.45) is 23.7 Å². The van der Waals surface area contributed by atoms with Crippen LogP contribution < -0.4 is 10.2 Å². The molecule has 1 heterocycles. The minimum absolute atomic E-state index is 0.122. The van der Waals surface area contributed by atoms with E-state index in [-0.39, 0.29) is 41.4 Å². The number of fused-ring (bicyclic) bond motifs is 5. The molecule has 4 atom stereocenters. The smallest absolute Gasteiger partial charge is 0.255 e. The highest BCUT2D eigenvalue weighted by Gasteiger charge is 2.59. The van der Waals surface area contributed by atoms with Crippen molar-refractivity contribution in [3.8, 4) is 0 Å². The van der Waals surface area contributed by atoms with Gasteiger partial charge in [0.25, 0.3) is 5.91 Å². The van der Waals surface area contributed by atoms with Gasteiger partial charge in [-0.3, -0.25) is 19.3 Å². The molecule has 2 fully saturated rings. The van der Waals surface area contributed by atoms with Gasteiger partial charge in [-0.2, -0.15) is 0 Å². The van der Waals surface area contributed by atoms with Crippen LogP contribution in [0.25, 0.3) is 0 Å². The third kappa shape index (κ3) is 2.80. The number of nitrogens with zero attached hydrogens (tertiary/aromatic N) is 1. The van der Waals surface area contributed by atoms with E-state index in [1.165, 1.54) is 4.90 Å². The van der Waals surface area contributed by atoms with Gasteiger partial charge in [-0.25, -0.2) is 0 Å². The first-order chi connectivity index (χ1) is 13.9. The molecule has 5 nitrogen and oxygen atoms in total. The van der Waals surface area contributed by atoms with E-state index < -0.39 is 0 Å². The summed E-state index contributed by atoms with van der Waals surface area (Å²) in [5, 5.41) is 3.39. The Morgan fingerprint density at radius 1 is 1.00 bits per heavy atom. The van der Waals surface area contributed by atoms with Crippen LogP contribution in [-0.2, 0) is 9.59 Å². The third-order valence-corrected chi connectivity index (χ3v) is 6.54. The molecular weight excluding hydrogens is 388 g/mol. The first kappa shape index (κ1) is 18.1.